The largest absolute Gasteiger partial charge is 0.481 e. The first-order chi connectivity index (χ1) is 10.4. The van der Waals surface area contributed by atoms with E-state index in [0.717, 1.165) is 6.42 Å². The van der Waals surface area contributed by atoms with Crippen LogP contribution in [0.15, 0.2) is 18.2 Å². The van der Waals surface area contributed by atoms with Gasteiger partial charge in [0.1, 0.15) is 0 Å². The predicted octanol–water partition coefficient (Wildman–Crippen LogP) is 2.81. The van der Waals surface area contributed by atoms with Crippen LogP contribution < -0.4 is 0 Å². The summed E-state index contributed by atoms with van der Waals surface area (Å²) in [4.78, 5) is 25.3. The van der Waals surface area contributed by atoms with Crippen LogP contribution in [0.1, 0.15) is 36.5 Å². The molecule has 1 amide bonds. The number of piperidine rings is 1. The Morgan fingerprint density at radius 3 is 2.41 bits per heavy atom. The number of carboxylic acids is 1. The average molecular weight is 303 g/mol. The Hall–Kier alpha value is -1.84. The zero-order chi connectivity index (χ0) is 16.3. The molecular formula is C18H25NO3. The molecule has 1 fully saturated rings. The Morgan fingerprint density at radius 1 is 1.23 bits per heavy atom. The van der Waals surface area contributed by atoms with E-state index in [9.17, 15) is 9.59 Å². The van der Waals surface area contributed by atoms with Crippen LogP contribution in [-0.4, -0.2) is 35.0 Å². The van der Waals surface area contributed by atoms with E-state index in [-0.39, 0.29) is 17.7 Å². The van der Waals surface area contributed by atoms with E-state index >= 15 is 0 Å². The van der Waals surface area contributed by atoms with Crippen molar-refractivity contribution in [3.8, 4) is 0 Å². The number of nitrogens with zero attached hydrogens (tertiary/aromatic N) is 1. The average Bonchev–Trinajstić information content (AvgIpc) is 2.43. The molecule has 4 nitrogen and oxygen atoms in total. The van der Waals surface area contributed by atoms with Gasteiger partial charge in [-0.15, -0.1) is 0 Å². The minimum Gasteiger partial charge on any atom is -0.481 e. The van der Waals surface area contributed by atoms with Crippen LogP contribution in [-0.2, 0) is 16.0 Å². The van der Waals surface area contributed by atoms with E-state index in [1.807, 2.05) is 11.8 Å². The zero-order valence-corrected chi connectivity index (χ0v) is 13.6. The van der Waals surface area contributed by atoms with E-state index < -0.39 is 5.97 Å². The van der Waals surface area contributed by atoms with Crippen LogP contribution in [0, 0.1) is 25.7 Å². The third kappa shape index (κ3) is 4.09. The highest BCUT2D eigenvalue weighted by atomic mass is 16.4. The van der Waals surface area contributed by atoms with Gasteiger partial charge in [0.2, 0.25) is 5.91 Å². The number of carbonyl (C=O) groups is 2. The maximum atomic E-state index is 12.3. The van der Waals surface area contributed by atoms with Gasteiger partial charge in [-0.05, 0) is 38.2 Å². The Labute approximate surface area is 132 Å². The summed E-state index contributed by atoms with van der Waals surface area (Å²) in [7, 11) is 0. The third-order valence-corrected chi connectivity index (χ3v) is 4.48. The van der Waals surface area contributed by atoms with Crippen LogP contribution >= 0.6 is 0 Å². The molecule has 1 aromatic rings. The number of rotatable bonds is 4. The number of benzene rings is 1. The van der Waals surface area contributed by atoms with Gasteiger partial charge in [0.25, 0.3) is 0 Å². The fraction of sp³-hybridized carbons (Fsp3) is 0.556. The van der Waals surface area contributed by atoms with E-state index in [4.69, 9.17) is 5.11 Å². The van der Waals surface area contributed by atoms with Gasteiger partial charge in [-0.3, -0.25) is 9.59 Å². The highest BCUT2D eigenvalue weighted by Crippen LogP contribution is 2.24. The lowest BCUT2D eigenvalue weighted by atomic mass is 9.87. The van der Waals surface area contributed by atoms with Gasteiger partial charge in [-0.2, -0.15) is 0 Å². The maximum Gasteiger partial charge on any atom is 0.306 e. The molecule has 0 saturated carbocycles. The second-order valence-electron chi connectivity index (χ2n) is 6.55. The van der Waals surface area contributed by atoms with Crippen LogP contribution in [0.3, 0.4) is 0 Å². The molecule has 0 radical (unpaired) electrons. The predicted molar refractivity (Wildman–Crippen MR) is 85.7 cm³/mol. The monoisotopic (exact) mass is 303 g/mol. The number of aryl methyl sites for hydroxylation is 3. The summed E-state index contributed by atoms with van der Waals surface area (Å²) in [5.74, 6) is -0.899. The Kier molecular flexibility index (Phi) is 5.22. The number of likely N-dealkylation sites (tertiary alicyclic amines) is 1. The van der Waals surface area contributed by atoms with Crippen molar-refractivity contribution in [2.24, 2.45) is 11.8 Å². The quantitative estimate of drug-likeness (QED) is 0.930. The number of hydrogen-bond donors (Lipinski definition) is 1. The topological polar surface area (TPSA) is 57.6 Å². The summed E-state index contributed by atoms with van der Waals surface area (Å²) in [6.07, 6.45) is 1.80. The lowest BCUT2D eigenvalue weighted by molar-refractivity contribution is -0.148. The number of amides is 1. The number of hydrogen-bond acceptors (Lipinski definition) is 2. The third-order valence-electron chi connectivity index (χ3n) is 4.48. The van der Waals surface area contributed by atoms with E-state index in [1.165, 1.54) is 16.7 Å². The summed E-state index contributed by atoms with van der Waals surface area (Å²) < 4.78 is 0. The minimum absolute atomic E-state index is 0.0245. The molecule has 0 aliphatic carbocycles. The van der Waals surface area contributed by atoms with Crippen LogP contribution in [0.4, 0.5) is 0 Å². The number of carboxylic acid groups (broad SMARTS) is 1. The van der Waals surface area contributed by atoms with Crippen molar-refractivity contribution in [1.82, 2.24) is 4.90 Å². The fourth-order valence-corrected chi connectivity index (χ4v) is 3.36. The highest BCUT2D eigenvalue weighted by molar-refractivity contribution is 5.77. The van der Waals surface area contributed by atoms with Crippen molar-refractivity contribution in [1.29, 1.82) is 0 Å². The first-order valence-electron chi connectivity index (χ1n) is 7.94. The summed E-state index contributed by atoms with van der Waals surface area (Å²) in [5, 5.41) is 9.13. The van der Waals surface area contributed by atoms with Gasteiger partial charge >= 0.3 is 5.97 Å². The van der Waals surface area contributed by atoms with Crippen molar-refractivity contribution in [3.63, 3.8) is 0 Å². The molecule has 4 heteroatoms. The Balaban J connectivity index is 1.89. The van der Waals surface area contributed by atoms with Crippen LogP contribution in [0.25, 0.3) is 0 Å². The molecule has 1 aliphatic rings. The minimum atomic E-state index is -0.741. The molecule has 1 N–H and O–H groups in total. The van der Waals surface area contributed by atoms with E-state index in [2.05, 4.69) is 32.0 Å². The molecule has 1 aromatic carbocycles. The number of carbonyl (C=O) groups excluding carboxylic acids is 1. The van der Waals surface area contributed by atoms with Gasteiger partial charge < -0.3 is 10.0 Å². The van der Waals surface area contributed by atoms with Gasteiger partial charge in [0, 0.05) is 19.5 Å². The van der Waals surface area contributed by atoms with Crippen molar-refractivity contribution in [2.75, 3.05) is 13.1 Å². The first-order valence-corrected chi connectivity index (χ1v) is 7.94. The van der Waals surface area contributed by atoms with Gasteiger partial charge in [0.05, 0.1) is 5.92 Å². The molecule has 1 saturated heterocycles. The summed E-state index contributed by atoms with van der Waals surface area (Å²) in [6.45, 7) is 7.17. The molecule has 1 aliphatic heterocycles. The van der Waals surface area contributed by atoms with E-state index in [0.29, 0.717) is 25.9 Å². The highest BCUT2D eigenvalue weighted by Gasteiger charge is 2.32. The van der Waals surface area contributed by atoms with Crippen molar-refractivity contribution in [2.45, 2.75) is 40.0 Å². The molecule has 0 spiro atoms. The molecule has 2 atom stereocenters. The van der Waals surface area contributed by atoms with Gasteiger partial charge in [-0.25, -0.2) is 0 Å². The second kappa shape index (κ2) is 6.95. The summed E-state index contributed by atoms with van der Waals surface area (Å²) in [6, 6.07) is 6.38. The lowest BCUT2D eigenvalue weighted by Gasteiger charge is -2.35. The Morgan fingerprint density at radius 2 is 1.86 bits per heavy atom. The standard InChI is InChI=1S/C18H25NO3/c1-12-8-13(2)10-15(9-12)4-5-17(20)19-7-6-16(18(21)22)14(3)11-19/h8-10,14,16H,4-7,11H2,1-3H3,(H,21,22). The number of aliphatic carboxylic acids is 1. The van der Waals surface area contributed by atoms with Crippen LogP contribution in [0.5, 0.6) is 0 Å². The fourth-order valence-electron chi connectivity index (χ4n) is 3.36. The lowest BCUT2D eigenvalue weighted by Crippen LogP contribution is -2.45. The zero-order valence-electron chi connectivity index (χ0n) is 13.6. The Bertz CT molecular complexity index is 547. The maximum absolute atomic E-state index is 12.3. The van der Waals surface area contributed by atoms with Gasteiger partial charge in [0.15, 0.2) is 0 Å². The van der Waals surface area contributed by atoms with Crippen molar-refractivity contribution in [3.05, 3.63) is 34.9 Å². The van der Waals surface area contributed by atoms with Gasteiger partial charge in [-0.1, -0.05) is 36.2 Å². The van der Waals surface area contributed by atoms with Crippen LogP contribution in [0.2, 0.25) is 0 Å². The second-order valence-corrected chi connectivity index (χ2v) is 6.55. The van der Waals surface area contributed by atoms with E-state index in [1.54, 1.807) is 0 Å². The van der Waals surface area contributed by atoms with Crippen molar-refractivity contribution >= 4 is 11.9 Å². The molecule has 0 bridgehead atoms. The van der Waals surface area contributed by atoms with Crippen molar-refractivity contribution < 1.29 is 14.7 Å². The molecule has 1 heterocycles. The first kappa shape index (κ1) is 16.5. The molecule has 2 unspecified atom stereocenters. The molecular weight excluding hydrogens is 278 g/mol. The summed E-state index contributed by atoms with van der Waals surface area (Å²) >= 11 is 0. The normalized spacial score (nSPS) is 21.7. The SMILES string of the molecule is Cc1cc(C)cc(CCC(=O)N2CCC(C(=O)O)C(C)C2)c1. The smallest absolute Gasteiger partial charge is 0.306 e. The molecule has 120 valence electrons. The molecule has 22 heavy (non-hydrogen) atoms. The summed E-state index contributed by atoms with van der Waals surface area (Å²) in [5.41, 5.74) is 3.64. The molecule has 2 rings (SSSR count). The molecule has 0 aromatic heterocycles.